The van der Waals surface area contributed by atoms with Crippen LogP contribution >= 0.6 is 23.2 Å². The van der Waals surface area contributed by atoms with Gasteiger partial charge in [-0.25, -0.2) is 4.79 Å². The van der Waals surface area contributed by atoms with Crippen molar-refractivity contribution in [1.29, 1.82) is 0 Å². The monoisotopic (exact) mass is 354 g/mol. The number of hydrogen-bond acceptors (Lipinski definition) is 5. The maximum atomic E-state index is 12.1. The average molecular weight is 355 g/mol. The highest BCUT2D eigenvalue weighted by Gasteiger charge is 2.42. The molecule has 0 amide bonds. The second-order valence-corrected chi connectivity index (χ2v) is 7.70. The second-order valence-electron chi connectivity index (χ2n) is 6.20. The van der Waals surface area contributed by atoms with Gasteiger partial charge in [0.05, 0.1) is 0 Å². The summed E-state index contributed by atoms with van der Waals surface area (Å²) >= 11 is 12.8. The Hall–Kier alpha value is -0.230. The summed E-state index contributed by atoms with van der Waals surface area (Å²) in [6.45, 7) is 5.88. The SMILES string of the molecule is CC(Cl)(OC(=O)OC(C)(Cl)C1CCOCC1)C1CCOCC1. The van der Waals surface area contributed by atoms with E-state index in [1.54, 1.807) is 13.8 Å². The third kappa shape index (κ3) is 4.88. The standard InChI is InChI=1S/C15H24Cl2O5/c1-14(16,11-3-7-19-8-4-11)21-13(18)22-15(2,17)12-5-9-20-10-6-12/h11-12H,3-10H2,1-2H3. The van der Waals surface area contributed by atoms with Crippen LogP contribution in [0.1, 0.15) is 39.5 Å². The van der Waals surface area contributed by atoms with Gasteiger partial charge in [0.15, 0.2) is 10.1 Å². The molecule has 0 aliphatic carbocycles. The first-order valence-corrected chi connectivity index (χ1v) is 8.52. The minimum absolute atomic E-state index is 0.0418. The lowest BCUT2D eigenvalue weighted by molar-refractivity contribution is -0.0779. The summed E-state index contributed by atoms with van der Waals surface area (Å²) in [6, 6.07) is 0. The number of alkyl halides is 2. The predicted molar refractivity (Wildman–Crippen MR) is 83.2 cm³/mol. The van der Waals surface area contributed by atoms with Gasteiger partial charge in [-0.2, -0.15) is 0 Å². The van der Waals surface area contributed by atoms with Crippen molar-refractivity contribution in [2.45, 2.75) is 49.7 Å². The topological polar surface area (TPSA) is 54.0 Å². The van der Waals surface area contributed by atoms with Crippen molar-refractivity contribution in [3.8, 4) is 0 Å². The first-order chi connectivity index (χ1) is 10.3. The fraction of sp³-hybridized carbons (Fsp3) is 0.933. The molecule has 2 aliphatic heterocycles. The first kappa shape index (κ1) is 18.1. The fourth-order valence-electron chi connectivity index (χ4n) is 2.94. The highest BCUT2D eigenvalue weighted by atomic mass is 35.5. The third-order valence-corrected chi connectivity index (χ3v) is 5.24. The number of rotatable bonds is 4. The summed E-state index contributed by atoms with van der Waals surface area (Å²) in [5, 5.41) is -2.22. The lowest BCUT2D eigenvalue weighted by Gasteiger charge is -2.37. The van der Waals surface area contributed by atoms with Gasteiger partial charge in [-0.3, -0.25) is 0 Å². The van der Waals surface area contributed by atoms with E-state index in [1.807, 2.05) is 0 Å². The molecule has 2 saturated heterocycles. The molecule has 2 heterocycles. The summed E-state index contributed by atoms with van der Waals surface area (Å²) in [5.41, 5.74) is 0. The maximum Gasteiger partial charge on any atom is 0.511 e. The molecule has 0 saturated carbocycles. The van der Waals surface area contributed by atoms with Gasteiger partial charge in [0.1, 0.15) is 0 Å². The predicted octanol–water partition coefficient (Wildman–Crippen LogP) is 3.90. The molecule has 2 rings (SSSR count). The van der Waals surface area contributed by atoms with Crippen LogP contribution in [0.5, 0.6) is 0 Å². The van der Waals surface area contributed by atoms with Gasteiger partial charge in [-0.1, -0.05) is 23.2 Å². The van der Waals surface area contributed by atoms with Crippen LogP contribution in [0.4, 0.5) is 4.79 Å². The van der Waals surface area contributed by atoms with E-state index in [0.29, 0.717) is 26.4 Å². The highest BCUT2D eigenvalue weighted by molar-refractivity contribution is 6.24. The molecule has 0 aromatic carbocycles. The van der Waals surface area contributed by atoms with Crippen molar-refractivity contribution in [2.24, 2.45) is 11.8 Å². The average Bonchev–Trinajstić information content (AvgIpc) is 2.48. The van der Waals surface area contributed by atoms with Crippen LogP contribution in [0.2, 0.25) is 0 Å². The van der Waals surface area contributed by atoms with Crippen LogP contribution < -0.4 is 0 Å². The maximum absolute atomic E-state index is 12.1. The lowest BCUT2D eigenvalue weighted by Crippen LogP contribution is -2.42. The molecule has 0 aromatic rings. The zero-order chi connectivity index (χ0) is 16.2. The summed E-state index contributed by atoms with van der Waals surface area (Å²) in [5.74, 6) is 0.0836. The Morgan fingerprint density at radius 3 is 1.50 bits per heavy atom. The normalized spacial score (nSPS) is 26.7. The zero-order valence-corrected chi connectivity index (χ0v) is 14.6. The minimum Gasteiger partial charge on any atom is -0.412 e. The Morgan fingerprint density at radius 2 is 1.18 bits per heavy atom. The molecule has 2 aliphatic rings. The molecule has 128 valence electrons. The quantitative estimate of drug-likeness (QED) is 0.565. The van der Waals surface area contributed by atoms with E-state index in [-0.39, 0.29) is 11.8 Å². The van der Waals surface area contributed by atoms with E-state index >= 15 is 0 Å². The molecule has 0 bridgehead atoms. The zero-order valence-electron chi connectivity index (χ0n) is 13.1. The van der Waals surface area contributed by atoms with Crippen molar-refractivity contribution in [3.63, 3.8) is 0 Å². The van der Waals surface area contributed by atoms with E-state index in [4.69, 9.17) is 42.1 Å². The van der Waals surface area contributed by atoms with E-state index in [9.17, 15) is 4.79 Å². The molecule has 0 aromatic heterocycles. The van der Waals surface area contributed by atoms with Gasteiger partial charge in [0, 0.05) is 38.3 Å². The van der Waals surface area contributed by atoms with Gasteiger partial charge >= 0.3 is 6.16 Å². The van der Waals surface area contributed by atoms with Crippen LogP contribution in [-0.2, 0) is 18.9 Å². The molecule has 22 heavy (non-hydrogen) atoms. The van der Waals surface area contributed by atoms with Crippen LogP contribution in [-0.4, -0.2) is 42.7 Å². The smallest absolute Gasteiger partial charge is 0.412 e. The van der Waals surface area contributed by atoms with Crippen molar-refractivity contribution in [1.82, 2.24) is 0 Å². The summed E-state index contributed by atoms with van der Waals surface area (Å²) in [7, 11) is 0. The number of carbonyl (C=O) groups excluding carboxylic acids is 1. The van der Waals surface area contributed by atoms with E-state index in [0.717, 1.165) is 25.7 Å². The molecular formula is C15H24Cl2O5. The molecule has 0 radical (unpaired) electrons. The van der Waals surface area contributed by atoms with Crippen molar-refractivity contribution < 1.29 is 23.7 Å². The number of hydrogen-bond donors (Lipinski definition) is 0. The first-order valence-electron chi connectivity index (χ1n) is 7.76. The van der Waals surface area contributed by atoms with Gasteiger partial charge in [-0.05, 0) is 39.5 Å². The second kappa shape index (κ2) is 7.56. The molecule has 0 N–H and O–H groups in total. The molecule has 7 heteroatoms. The molecule has 2 fully saturated rings. The summed E-state index contributed by atoms with van der Waals surface area (Å²) < 4.78 is 21.3. The lowest BCUT2D eigenvalue weighted by atomic mass is 9.94. The van der Waals surface area contributed by atoms with Crippen LogP contribution in [0.3, 0.4) is 0 Å². The largest absolute Gasteiger partial charge is 0.511 e. The number of halogens is 2. The Balaban J connectivity index is 1.87. The highest BCUT2D eigenvalue weighted by Crippen LogP contribution is 2.37. The van der Waals surface area contributed by atoms with Crippen molar-refractivity contribution in [3.05, 3.63) is 0 Å². The third-order valence-electron chi connectivity index (χ3n) is 4.47. The van der Waals surface area contributed by atoms with Gasteiger partial charge in [0.25, 0.3) is 0 Å². The number of ether oxygens (including phenoxy) is 4. The molecule has 2 unspecified atom stereocenters. The van der Waals surface area contributed by atoms with E-state index < -0.39 is 16.3 Å². The summed E-state index contributed by atoms with van der Waals surface area (Å²) in [6.07, 6.45) is 2.20. The number of carbonyl (C=O) groups is 1. The fourth-order valence-corrected chi connectivity index (χ4v) is 3.50. The minimum atomic E-state index is -1.11. The van der Waals surface area contributed by atoms with Crippen LogP contribution in [0, 0.1) is 11.8 Å². The van der Waals surface area contributed by atoms with Crippen LogP contribution in [0.15, 0.2) is 0 Å². The van der Waals surface area contributed by atoms with Gasteiger partial charge < -0.3 is 18.9 Å². The Kier molecular flexibility index (Phi) is 6.22. The Bertz CT molecular complexity index is 340. The Morgan fingerprint density at radius 1 is 0.864 bits per heavy atom. The van der Waals surface area contributed by atoms with Gasteiger partial charge in [-0.15, -0.1) is 0 Å². The van der Waals surface area contributed by atoms with Gasteiger partial charge in [0.2, 0.25) is 0 Å². The van der Waals surface area contributed by atoms with E-state index in [2.05, 4.69) is 0 Å². The Labute approximate surface area is 141 Å². The molecule has 2 atom stereocenters. The van der Waals surface area contributed by atoms with E-state index in [1.165, 1.54) is 0 Å². The molecule has 5 nitrogen and oxygen atoms in total. The van der Waals surface area contributed by atoms with Crippen molar-refractivity contribution >= 4 is 29.4 Å². The van der Waals surface area contributed by atoms with Crippen molar-refractivity contribution in [2.75, 3.05) is 26.4 Å². The molecular weight excluding hydrogens is 331 g/mol. The molecule has 0 spiro atoms. The summed E-state index contributed by atoms with van der Waals surface area (Å²) in [4.78, 5) is 12.1. The van der Waals surface area contributed by atoms with Crippen LogP contribution in [0.25, 0.3) is 0 Å².